The van der Waals surface area contributed by atoms with E-state index in [2.05, 4.69) is 0 Å². The van der Waals surface area contributed by atoms with E-state index >= 15 is 0 Å². The normalized spacial score (nSPS) is 11.9. The monoisotopic (exact) mass is 348 g/mol. The third-order valence-corrected chi connectivity index (χ3v) is 4.10. The molecule has 0 fully saturated rings. The Balaban J connectivity index is 0. The summed E-state index contributed by atoms with van der Waals surface area (Å²) in [6.45, 7) is 2.84. The Kier molecular flexibility index (Phi) is 27.3. The van der Waals surface area contributed by atoms with E-state index in [0.717, 1.165) is 51.4 Å². The largest absolute Gasteiger partial charge is 0.396 e. The van der Waals surface area contributed by atoms with Crippen LogP contribution in [0.5, 0.6) is 0 Å². The summed E-state index contributed by atoms with van der Waals surface area (Å²) in [5.74, 6) is 0. The van der Waals surface area contributed by atoms with Crippen molar-refractivity contribution in [3.05, 3.63) is 0 Å². The molecule has 0 saturated heterocycles. The van der Waals surface area contributed by atoms with E-state index in [-0.39, 0.29) is 6.10 Å². The molecule has 0 amide bonds. The van der Waals surface area contributed by atoms with Crippen molar-refractivity contribution in [2.75, 3.05) is 19.8 Å². The standard InChI is InChI=1S/2C10H22O2/c1-10(12)8-6-4-2-3-5-7-9-11;11-9-7-5-3-1-2-4-6-8-10-12/h10-12H,2-9H2,1H3;11-12H,1-10H2. The zero-order valence-electron chi connectivity index (χ0n) is 16.1. The van der Waals surface area contributed by atoms with Gasteiger partial charge in [-0.2, -0.15) is 0 Å². The maximum Gasteiger partial charge on any atom is 0.0512 e. The smallest absolute Gasteiger partial charge is 0.0512 e. The summed E-state index contributed by atoms with van der Waals surface area (Å²) in [7, 11) is 0. The molecule has 4 N–H and O–H groups in total. The van der Waals surface area contributed by atoms with Gasteiger partial charge in [-0.05, 0) is 32.6 Å². The molecule has 0 spiro atoms. The molecule has 4 heteroatoms. The fourth-order valence-electron chi connectivity index (χ4n) is 2.54. The highest BCUT2D eigenvalue weighted by molar-refractivity contribution is 4.49. The lowest BCUT2D eigenvalue weighted by Gasteiger charge is -2.03. The predicted molar refractivity (Wildman–Crippen MR) is 102 cm³/mol. The molecule has 0 radical (unpaired) electrons. The van der Waals surface area contributed by atoms with Gasteiger partial charge in [0, 0.05) is 19.8 Å². The van der Waals surface area contributed by atoms with Crippen molar-refractivity contribution in [2.24, 2.45) is 0 Å². The Bertz CT molecular complexity index is 188. The Morgan fingerprint density at radius 2 is 0.708 bits per heavy atom. The molecule has 0 rings (SSSR count). The molecule has 24 heavy (non-hydrogen) atoms. The first kappa shape index (κ1) is 26.1. The van der Waals surface area contributed by atoms with E-state index in [1.165, 1.54) is 44.9 Å². The molecule has 0 aliphatic rings. The van der Waals surface area contributed by atoms with Crippen LogP contribution in [0.3, 0.4) is 0 Å². The van der Waals surface area contributed by atoms with Gasteiger partial charge in [-0.15, -0.1) is 0 Å². The molecule has 0 bridgehead atoms. The van der Waals surface area contributed by atoms with E-state index < -0.39 is 0 Å². The van der Waals surface area contributed by atoms with Crippen LogP contribution in [0.2, 0.25) is 0 Å². The van der Waals surface area contributed by atoms with Gasteiger partial charge in [0.05, 0.1) is 6.10 Å². The lowest BCUT2D eigenvalue weighted by Crippen LogP contribution is -1.98. The fraction of sp³-hybridized carbons (Fsp3) is 1.00. The van der Waals surface area contributed by atoms with Crippen molar-refractivity contribution < 1.29 is 20.4 Å². The fourth-order valence-corrected chi connectivity index (χ4v) is 2.54. The summed E-state index contributed by atoms with van der Waals surface area (Å²) >= 11 is 0. The highest BCUT2D eigenvalue weighted by atomic mass is 16.3. The van der Waals surface area contributed by atoms with E-state index in [0.29, 0.717) is 19.8 Å². The third-order valence-electron chi connectivity index (χ3n) is 4.10. The summed E-state index contributed by atoms with van der Waals surface area (Å²) in [5, 5.41) is 34.5. The Morgan fingerprint density at radius 1 is 0.458 bits per heavy atom. The second-order valence-electron chi connectivity index (χ2n) is 6.76. The first-order chi connectivity index (χ1) is 11.7. The number of rotatable bonds is 17. The molecule has 1 atom stereocenters. The van der Waals surface area contributed by atoms with Gasteiger partial charge in [-0.25, -0.2) is 0 Å². The van der Waals surface area contributed by atoms with Gasteiger partial charge in [-0.1, -0.05) is 70.6 Å². The average Bonchev–Trinajstić information content (AvgIpc) is 2.57. The first-order valence-electron chi connectivity index (χ1n) is 10.2. The van der Waals surface area contributed by atoms with E-state index in [9.17, 15) is 0 Å². The molecular weight excluding hydrogens is 304 g/mol. The van der Waals surface area contributed by atoms with Crippen molar-refractivity contribution in [3.63, 3.8) is 0 Å². The van der Waals surface area contributed by atoms with Crippen molar-refractivity contribution >= 4 is 0 Å². The van der Waals surface area contributed by atoms with Crippen molar-refractivity contribution in [2.45, 2.75) is 109 Å². The Labute approximate surface area is 150 Å². The van der Waals surface area contributed by atoms with Gasteiger partial charge >= 0.3 is 0 Å². The predicted octanol–water partition coefficient (Wildman–Crippen LogP) is 4.18. The van der Waals surface area contributed by atoms with Gasteiger partial charge in [0.25, 0.3) is 0 Å². The lowest BCUT2D eigenvalue weighted by molar-refractivity contribution is 0.180. The highest BCUT2D eigenvalue weighted by Gasteiger charge is 1.95. The van der Waals surface area contributed by atoms with Crippen molar-refractivity contribution in [3.8, 4) is 0 Å². The molecule has 0 aliphatic heterocycles. The molecule has 1 unspecified atom stereocenters. The first-order valence-corrected chi connectivity index (χ1v) is 10.2. The van der Waals surface area contributed by atoms with Crippen LogP contribution < -0.4 is 0 Å². The SMILES string of the molecule is CC(O)CCCCCCCCO.OCCCCCCCCCCO. The summed E-state index contributed by atoms with van der Waals surface area (Å²) in [6, 6.07) is 0. The number of unbranched alkanes of at least 4 members (excludes halogenated alkanes) is 12. The highest BCUT2D eigenvalue weighted by Crippen LogP contribution is 2.08. The van der Waals surface area contributed by atoms with Crippen LogP contribution in [-0.4, -0.2) is 46.4 Å². The van der Waals surface area contributed by atoms with E-state index in [1.807, 2.05) is 6.92 Å². The quantitative estimate of drug-likeness (QED) is 0.297. The van der Waals surface area contributed by atoms with Gasteiger partial charge < -0.3 is 20.4 Å². The molecule has 4 nitrogen and oxygen atoms in total. The molecule has 0 aromatic carbocycles. The number of hydrogen-bond donors (Lipinski definition) is 4. The summed E-state index contributed by atoms with van der Waals surface area (Å²) in [4.78, 5) is 0. The second kappa shape index (κ2) is 25.1. The van der Waals surface area contributed by atoms with Crippen LogP contribution in [-0.2, 0) is 0 Å². The maximum absolute atomic E-state index is 8.96. The van der Waals surface area contributed by atoms with Gasteiger partial charge in [-0.3, -0.25) is 0 Å². The van der Waals surface area contributed by atoms with E-state index in [4.69, 9.17) is 20.4 Å². The zero-order chi connectivity index (χ0) is 18.3. The number of aliphatic hydroxyl groups excluding tert-OH is 4. The molecule has 0 aromatic heterocycles. The maximum atomic E-state index is 8.96. The lowest BCUT2D eigenvalue weighted by atomic mass is 10.1. The van der Waals surface area contributed by atoms with Crippen LogP contribution in [0.15, 0.2) is 0 Å². The summed E-state index contributed by atoms with van der Waals surface area (Å²) in [5.41, 5.74) is 0. The zero-order valence-corrected chi connectivity index (χ0v) is 16.1. The summed E-state index contributed by atoms with van der Waals surface area (Å²) in [6.07, 6.45) is 17.0. The van der Waals surface area contributed by atoms with Crippen LogP contribution in [0.4, 0.5) is 0 Å². The van der Waals surface area contributed by atoms with Crippen LogP contribution >= 0.6 is 0 Å². The minimum atomic E-state index is -0.137. The van der Waals surface area contributed by atoms with E-state index in [1.54, 1.807) is 0 Å². The minimum absolute atomic E-state index is 0.137. The second-order valence-corrected chi connectivity index (χ2v) is 6.76. The molecule has 0 aromatic rings. The van der Waals surface area contributed by atoms with Crippen molar-refractivity contribution in [1.82, 2.24) is 0 Å². The molecule has 0 aliphatic carbocycles. The van der Waals surface area contributed by atoms with Gasteiger partial charge in [0.2, 0.25) is 0 Å². The Morgan fingerprint density at radius 3 is 0.958 bits per heavy atom. The Hall–Kier alpha value is -0.160. The number of aliphatic hydroxyl groups is 4. The average molecular weight is 349 g/mol. The van der Waals surface area contributed by atoms with Crippen LogP contribution in [0, 0.1) is 0 Å². The summed E-state index contributed by atoms with van der Waals surface area (Å²) < 4.78 is 0. The molecule has 0 heterocycles. The topological polar surface area (TPSA) is 80.9 Å². The molecule has 148 valence electrons. The van der Waals surface area contributed by atoms with Crippen molar-refractivity contribution in [1.29, 1.82) is 0 Å². The number of hydrogen-bond acceptors (Lipinski definition) is 4. The third kappa shape index (κ3) is 29.8. The molecule has 0 saturated carbocycles. The van der Waals surface area contributed by atoms with Gasteiger partial charge in [0.15, 0.2) is 0 Å². The minimum Gasteiger partial charge on any atom is -0.396 e. The molecular formula is C20H44O4. The van der Waals surface area contributed by atoms with Crippen LogP contribution in [0.1, 0.15) is 103 Å². The van der Waals surface area contributed by atoms with Crippen LogP contribution in [0.25, 0.3) is 0 Å². The van der Waals surface area contributed by atoms with Gasteiger partial charge in [0.1, 0.15) is 0 Å².